The summed E-state index contributed by atoms with van der Waals surface area (Å²) in [6.07, 6.45) is 12.7. The van der Waals surface area contributed by atoms with Gasteiger partial charge in [0.2, 0.25) is 5.91 Å². The fourth-order valence-electron chi connectivity index (χ4n) is 1.99. The van der Waals surface area contributed by atoms with Crippen LogP contribution in [0.2, 0.25) is 0 Å². The average molecular weight is 254 g/mol. The first-order valence-electron chi connectivity index (χ1n) is 6.20. The molecule has 2 heterocycles. The van der Waals surface area contributed by atoms with Crippen LogP contribution in [0.5, 0.6) is 0 Å². The number of carbonyl (C=O) groups excluding carboxylic acids is 1. The number of primary amides is 1. The van der Waals surface area contributed by atoms with E-state index in [1.807, 2.05) is 23.1 Å². The van der Waals surface area contributed by atoms with Crippen LogP contribution in [0.4, 0.5) is 0 Å². The van der Waals surface area contributed by atoms with Gasteiger partial charge in [0.1, 0.15) is 0 Å². The van der Waals surface area contributed by atoms with Gasteiger partial charge in [0.25, 0.3) is 0 Å². The van der Waals surface area contributed by atoms with Gasteiger partial charge >= 0.3 is 0 Å². The summed E-state index contributed by atoms with van der Waals surface area (Å²) in [7, 11) is 0. The van der Waals surface area contributed by atoms with Crippen LogP contribution in [0.25, 0.3) is 17.2 Å². The van der Waals surface area contributed by atoms with Gasteiger partial charge in [-0.3, -0.25) is 14.5 Å². The van der Waals surface area contributed by atoms with Crippen molar-refractivity contribution in [3.05, 3.63) is 42.5 Å². The Kier molecular flexibility index (Phi) is 2.87. The number of aromatic nitrogens is 3. The zero-order valence-corrected chi connectivity index (χ0v) is 10.4. The van der Waals surface area contributed by atoms with Crippen LogP contribution in [0.15, 0.2) is 36.9 Å². The number of hydrogen-bond donors (Lipinski definition) is 1. The summed E-state index contributed by atoms with van der Waals surface area (Å²) in [4.78, 5) is 14.9. The van der Waals surface area contributed by atoms with Gasteiger partial charge in [-0.1, -0.05) is 0 Å². The van der Waals surface area contributed by atoms with E-state index in [4.69, 9.17) is 5.73 Å². The quantitative estimate of drug-likeness (QED) is 0.845. The third-order valence-corrected chi connectivity index (χ3v) is 3.11. The number of nitrogens with zero attached hydrogens (tertiary/aromatic N) is 3. The number of nitrogens with two attached hydrogens (primary N) is 1. The molecule has 96 valence electrons. The molecule has 0 atom stereocenters. The van der Waals surface area contributed by atoms with Gasteiger partial charge in [0.05, 0.1) is 12.2 Å². The Hall–Kier alpha value is -2.43. The lowest BCUT2D eigenvalue weighted by Crippen LogP contribution is -2.05. The number of amides is 1. The highest BCUT2D eigenvalue weighted by Crippen LogP contribution is 2.35. The maximum atomic E-state index is 10.8. The molecular weight excluding hydrogens is 240 g/mol. The van der Waals surface area contributed by atoms with E-state index < -0.39 is 5.91 Å². The van der Waals surface area contributed by atoms with E-state index in [0.29, 0.717) is 6.04 Å². The normalized spacial score (nSPS) is 14.9. The maximum Gasteiger partial charge on any atom is 0.241 e. The summed E-state index contributed by atoms with van der Waals surface area (Å²) < 4.78 is 2.00. The number of pyridine rings is 1. The molecule has 1 aliphatic carbocycles. The second-order valence-electron chi connectivity index (χ2n) is 4.64. The molecule has 2 aromatic heterocycles. The molecule has 0 aliphatic heterocycles. The fraction of sp³-hybridized carbons (Fsp3) is 0.214. The van der Waals surface area contributed by atoms with Crippen molar-refractivity contribution < 1.29 is 4.79 Å². The van der Waals surface area contributed by atoms with Crippen molar-refractivity contribution in [3.8, 4) is 11.1 Å². The average Bonchev–Trinajstić information content (AvgIpc) is 3.15. The first-order chi connectivity index (χ1) is 9.24. The van der Waals surface area contributed by atoms with Gasteiger partial charge in [-0.25, -0.2) is 0 Å². The Balaban J connectivity index is 1.96. The molecule has 2 aromatic rings. The number of carbonyl (C=O) groups is 1. The minimum Gasteiger partial charge on any atom is -0.366 e. The largest absolute Gasteiger partial charge is 0.366 e. The summed E-state index contributed by atoms with van der Waals surface area (Å²) in [6, 6.07) is 2.47. The second-order valence-corrected chi connectivity index (χ2v) is 4.64. The predicted octanol–water partition coefficient (Wildman–Crippen LogP) is 1.78. The molecule has 2 N–H and O–H groups in total. The monoisotopic (exact) mass is 254 g/mol. The molecule has 1 saturated carbocycles. The Morgan fingerprint density at radius 3 is 3.00 bits per heavy atom. The van der Waals surface area contributed by atoms with Crippen LogP contribution in [0.1, 0.15) is 24.4 Å². The number of hydrogen-bond acceptors (Lipinski definition) is 3. The molecule has 0 spiro atoms. The van der Waals surface area contributed by atoms with Gasteiger partial charge in [-0.05, 0) is 30.5 Å². The molecule has 3 rings (SSSR count). The van der Waals surface area contributed by atoms with Gasteiger partial charge in [0.15, 0.2) is 0 Å². The van der Waals surface area contributed by atoms with Crippen molar-refractivity contribution in [3.63, 3.8) is 0 Å². The van der Waals surface area contributed by atoms with Crippen LogP contribution >= 0.6 is 0 Å². The lowest BCUT2D eigenvalue weighted by Gasteiger charge is -2.02. The van der Waals surface area contributed by atoms with E-state index in [-0.39, 0.29) is 0 Å². The zero-order valence-electron chi connectivity index (χ0n) is 10.4. The van der Waals surface area contributed by atoms with E-state index in [9.17, 15) is 4.79 Å². The van der Waals surface area contributed by atoms with E-state index in [1.165, 1.54) is 18.9 Å². The molecule has 5 nitrogen and oxygen atoms in total. The predicted molar refractivity (Wildman–Crippen MR) is 72.0 cm³/mol. The third kappa shape index (κ3) is 2.54. The summed E-state index contributed by atoms with van der Waals surface area (Å²) >= 11 is 0. The Bertz CT molecular complexity index is 640. The minimum absolute atomic E-state index is 0.469. The van der Waals surface area contributed by atoms with E-state index in [2.05, 4.69) is 10.1 Å². The Labute approximate surface area is 110 Å². The summed E-state index contributed by atoms with van der Waals surface area (Å²) in [5.41, 5.74) is 8.00. The molecule has 0 unspecified atom stereocenters. The van der Waals surface area contributed by atoms with Crippen molar-refractivity contribution in [2.24, 2.45) is 5.73 Å². The Morgan fingerprint density at radius 2 is 2.26 bits per heavy atom. The molecule has 0 aromatic carbocycles. The Morgan fingerprint density at radius 1 is 1.42 bits per heavy atom. The molecule has 0 radical (unpaired) electrons. The van der Waals surface area contributed by atoms with Crippen molar-refractivity contribution in [1.29, 1.82) is 0 Å². The topological polar surface area (TPSA) is 73.8 Å². The van der Waals surface area contributed by atoms with E-state index in [0.717, 1.165) is 16.7 Å². The van der Waals surface area contributed by atoms with Gasteiger partial charge in [-0.15, -0.1) is 0 Å². The molecule has 1 amide bonds. The van der Waals surface area contributed by atoms with Crippen LogP contribution < -0.4 is 5.73 Å². The first-order valence-corrected chi connectivity index (χ1v) is 6.20. The fourth-order valence-corrected chi connectivity index (χ4v) is 1.99. The highest BCUT2D eigenvalue weighted by Gasteiger charge is 2.24. The maximum absolute atomic E-state index is 10.8. The zero-order chi connectivity index (χ0) is 13.2. The van der Waals surface area contributed by atoms with Crippen molar-refractivity contribution in [2.45, 2.75) is 18.9 Å². The molecule has 5 heteroatoms. The van der Waals surface area contributed by atoms with Crippen molar-refractivity contribution >= 4 is 12.0 Å². The highest BCUT2D eigenvalue weighted by atomic mass is 16.1. The number of rotatable bonds is 4. The van der Waals surface area contributed by atoms with Gasteiger partial charge in [0, 0.05) is 35.8 Å². The molecule has 1 fully saturated rings. The third-order valence-electron chi connectivity index (χ3n) is 3.11. The molecular formula is C14H14N4O. The minimum atomic E-state index is -0.469. The standard InChI is InChI=1S/C14H14N4O/c15-14(19)4-1-10-7-16-6-5-13(10)11-8-17-18(9-11)12-2-3-12/h1,4-9,12H,2-3H2,(H2,15,19). The molecule has 1 aliphatic rings. The van der Waals surface area contributed by atoms with E-state index in [1.54, 1.807) is 18.5 Å². The van der Waals surface area contributed by atoms with Crippen molar-refractivity contribution in [2.75, 3.05) is 0 Å². The smallest absolute Gasteiger partial charge is 0.241 e. The lowest BCUT2D eigenvalue weighted by molar-refractivity contribution is -0.113. The SMILES string of the molecule is NC(=O)C=Cc1cnccc1-c1cnn(C2CC2)c1. The van der Waals surface area contributed by atoms with Crippen LogP contribution in [0, 0.1) is 0 Å². The van der Waals surface area contributed by atoms with Crippen molar-refractivity contribution in [1.82, 2.24) is 14.8 Å². The second kappa shape index (κ2) is 4.68. The molecule has 0 saturated heterocycles. The van der Waals surface area contributed by atoms with E-state index >= 15 is 0 Å². The summed E-state index contributed by atoms with van der Waals surface area (Å²) in [6.45, 7) is 0. The van der Waals surface area contributed by atoms with Crippen LogP contribution in [-0.2, 0) is 4.79 Å². The van der Waals surface area contributed by atoms with Gasteiger partial charge < -0.3 is 5.73 Å². The molecule has 19 heavy (non-hydrogen) atoms. The van der Waals surface area contributed by atoms with Crippen LogP contribution in [0.3, 0.4) is 0 Å². The lowest BCUT2D eigenvalue weighted by atomic mass is 10.0. The highest BCUT2D eigenvalue weighted by molar-refractivity contribution is 5.91. The summed E-state index contributed by atoms with van der Waals surface area (Å²) in [5.74, 6) is -0.469. The van der Waals surface area contributed by atoms with Gasteiger partial charge in [-0.2, -0.15) is 5.10 Å². The first kappa shape index (κ1) is 11.6. The summed E-state index contributed by atoms with van der Waals surface area (Å²) in [5, 5.41) is 4.37. The van der Waals surface area contributed by atoms with Crippen LogP contribution in [-0.4, -0.2) is 20.7 Å². The molecule has 0 bridgehead atoms.